The molecule has 0 spiro atoms. The molecule has 1 aliphatic heterocycles. The number of amides is 1. The highest BCUT2D eigenvalue weighted by atomic mass is 19.1. The van der Waals surface area contributed by atoms with Crippen LogP contribution in [0.5, 0.6) is 0 Å². The van der Waals surface area contributed by atoms with Crippen LogP contribution in [0.3, 0.4) is 0 Å². The maximum absolute atomic E-state index is 14.6. The maximum Gasteiger partial charge on any atom is 0.410 e. The third-order valence-electron chi connectivity index (χ3n) is 6.03. The van der Waals surface area contributed by atoms with Crippen molar-refractivity contribution in [1.29, 1.82) is 0 Å². The highest BCUT2D eigenvalue weighted by molar-refractivity contribution is 5.92. The summed E-state index contributed by atoms with van der Waals surface area (Å²) in [6.45, 7) is 7.31. The average Bonchev–Trinajstić information content (AvgIpc) is 3.33. The van der Waals surface area contributed by atoms with E-state index in [4.69, 9.17) is 4.74 Å². The summed E-state index contributed by atoms with van der Waals surface area (Å²) in [5, 5.41) is 0.895. The molecule has 1 N–H and O–H groups in total. The number of rotatable bonds is 3. The Balaban J connectivity index is 1.36. The normalized spacial score (nSPS) is 15.4. The Bertz CT molecular complexity index is 1370. The molecule has 5 heterocycles. The number of pyridine rings is 1. The van der Waals surface area contributed by atoms with E-state index in [1.165, 1.54) is 18.5 Å². The molecule has 0 radical (unpaired) electrons. The molecule has 1 aliphatic rings. The zero-order valence-corrected chi connectivity index (χ0v) is 19.3. The van der Waals surface area contributed by atoms with Crippen molar-refractivity contribution >= 4 is 28.2 Å². The number of carbonyl (C=O) groups is 1. The van der Waals surface area contributed by atoms with E-state index >= 15 is 0 Å². The van der Waals surface area contributed by atoms with Gasteiger partial charge < -0.3 is 19.2 Å². The fourth-order valence-electron chi connectivity index (χ4n) is 4.36. The third-order valence-corrected chi connectivity index (χ3v) is 6.03. The van der Waals surface area contributed by atoms with Gasteiger partial charge in [0, 0.05) is 49.2 Å². The first-order valence-electron chi connectivity index (χ1n) is 11.3. The Morgan fingerprint density at radius 3 is 2.68 bits per heavy atom. The minimum Gasteiger partial charge on any atom is -0.444 e. The number of hydrogen-bond acceptors (Lipinski definition) is 5. The van der Waals surface area contributed by atoms with Gasteiger partial charge in [0.25, 0.3) is 0 Å². The van der Waals surface area contributed by atoms with Crippen LogP contribution >= 0.6 is 0 Å². The largest absolute Gasteiger partial charge is 0.444 e. The molecular formula is C24H26F2N6O2. The Morgan fingerprint density at radius 1 is 1.18 bits per heavy atom. The van der Waals surface area contributed by atoms with Gasteiger partial charge in [-0.3, -0.25) is 0 Å². The maximum atomic E-state index is 14.6. The van der Waals surface area contributed by atoms with Gasteiger partial charge in [0.15, 0.2) is 11.6 Å². The van der Waals surface area contributed by atoms with Crippen molar-refractivity contribution in [3.63, 3.8) is 0 Å². The van der Waals surface area contributed by atoms with Crippen LogP contribution in [0.2, 0.25) is 0 Å². The first-order chi connectivity index (χ1) is 16.2. The van der Waals surface area contributed by atoms with E-state index in [9.17, 15) is 13.6 Å². The summed E-state index contributed by atoms with van der Waals surface area (Å²) >= 11 is 0. The van der Waals surface area contributed by atoms with Crippen molar-refractivity contribution in [2.75, 3.05) is 13.1 Å². The lowest BCUT2D eigenvalue weighted by Crippen LogP contribution is -2.42. The third kappa shape index (κ3) is 4.32. The predicted molar refractivity (Wildman–Crippen MR) is 123 cm³/mol. The van der Waals surface area contributed by atoms with Crippen molar-refractivity contribution in [3.8, 4) is 11.4 Å². The van der Waals surface area contributed by atoms with Crippen molar-refractivity contribution in [2.24, 2.45) is 5.92 Å². The fourth-order valence-corrected chi connectivity index (χ4v) is 4.36. The first-order valence-corrected chi connectivity index (χ1v) is 11.3. The molecule has 0 bridgehead atoms. The Morgan fingerprint density at radius 2 is 1.94 bits per heavy atom. The van der Waals surface area contributed by atoms with Gasteiger partial charge in [0.2, 0.25) is 0 Å². The highest BCUT2D eigenvalue weighted by Crippen LogP contribution is 2.29. The van der Waals surface area contributed by atoms with Gasteiger partial charge in [-0.25, -0.2) is 28.5 Å². The van der Waals surface area contributed by atoms with E-state index in [2.05, 4.69) is 19.9 Å². The lowest BCUT2D eigenvalue weighted by Gasteiger charge is -2.33. The van der Waals surface area contributed by atoms with Gasteiger partial charge in [-0.1, -0.05) is 0 Å². The lowest BCUT2D eigenvalue weighted by molar-refractivity contribution is 0.0178. The molecule has 1 saturated heterocycles. The van der Waals surface area contributed by atoms with Crippen LogP contribution in [0.4, 0.5) is 13.6 Å². The Labute approximate surface area is 195 Å². The van der Waals surface area contributed by atoms with Crippen LogP contribution in [0.1, 0.15) is 33.6 Å². The average molecular weight is 469 g/mol. The number of nitrogens with one attached hydrogen (secondary N) is 1. The number of hydrogen-bond donors (Lipinski definition) is 1. The van der Waals surface area contributed by atoms with E-state index in [-0.39, 0.29) is 17.8 Å². The van der Waals surface area contributed by atoms with Crippen LogP contribution in [0.25, 0.3) is 33.5 Å². The van der Waals surface area contributed by atoms with Gasteiger partial charge in [-0.05, 0) is 45.6 Å². The smallest absolute Gasteiger partial charge is 0.410 e. The lowest BCUT2D eigenvalue weighted by atomic mass is 9.97. The molecule has 1 amide bonds. The number of carbonyl (C=O) groups excluding carboxylic acids is 1. The van der Waals surface area contributed by atoms with Crippen LogP contribution < -0.4 is 0 Å². The van der Waals surface area contributed by atoms with Gasteiger partial charge >= 0.3 is 6.09 Å². The van der Waals surface area contributed by atoms with E-state index in [1.807, 2.05) is 20.8 Å². The van der Waals surface area contributed by atoms with Crippen molar-refractivity contribution in [1.82, 2.24) is 29.4 Å². The standard InChI is InChI=1S/C24H26F2N6O2/c1-24(2,3)34-23(33)31-6-4-14(5-7-31)12-32-13-19(26)18-11-29-21(30-22(18)32)17-10-28-20-16(17)8-15(25)9-27-20/h8-11,13-14H,4-7,12H2,1-3H3,(H,27,28). The summed E-state index contributed by atoms with van der Waals surface area (Å²) in [6, 6.07) is 1.37. The second kappa shape index (κ2) is 8.34. The molecule has 0 aromatic carbocycles. The van der Waals surface area contributed by atoms with Gasteiger partial charge in [-0.2, -0.15) is 0 Å². The van der Waals surface area contributed by atoms with Crippen molar-refractivity contribution in [2.45, 2.75) is 45.8 Å². The summed E-state index contributed by atoms with van der Waals surface area (Å²) in [5.74, 6) is -0.218. The minimum absolute atomic E-state index is 0.262. The molecule has 0 aliphatic carbocycles. The van der Waals surface area contributed by atoms with Crippen LogP contribution in [0.15, 0.2) is 30.9 Å². The summed E-state index contributed by atoms with van der Waals surface area (Å²) in [6.07, 6.45) is 6.98. The Kier molecular flexibility index (Phi) is 5.45. The fraction of sp³-hybridized carbons (Fsp3) is 0.417. The monoisotopic (exact) mass is 468 g/mol. The number of fused-ring (bicyclic) bond motifs is 2. The second-order valence-electron chi connectivity index (χ2n) is 9.72. The van der Waals surface area contributed by atoms with Crippen LogP contribution in [-0.4, -0.2) is 54.2 Å². The molecule has 0 atom stereocenters. The van der Waals surface area contributed by atoms with Crippen molar-refractivity contribution in [3.05, 3.63) is 42.5 Å². The van der Waals surface area contributed by atoms with E-state index in [0.29, 0.717) is 53.1 Å². The number of H-pyrrole nitrogens is 1. The SMILES string of the molecule is CC(C)(C)OC(=O)N1CCC(Cn2cc(F)c3cnc(-c4c[nH]c5ncc(F)cc45)nc32)CC1. The molecule has 0 saturated carbocycles. The molecule has 34 heavy (non-hydrogen) atoms. The number of ether oxygens (including phenoxy) is 1. The quantitative estimate of drug-likeness (QED) is 0.462. The van der Waals surface area contributed by atoms with Gasteiger partial charge in [-0.15, -0.1) is 0 Å². The van der Waals surface area contributed by atoms with Crippen LogP contribution in [-0.2, 0) is 11.3 Å². The topological polar surface area (TPSA) is 88.9 Å². The van der Waals surface area contributed by atoms with Crippen molar-refractivity contribution < 1.29 is 18.3 Å². The molecule has 5 rings (SSSR count). The van der Waals surface area contributed by atoms with Gasteiger partial charge in [0.05, 0.1) is 11.6 Å². The van der Waals surface area contributed by atoms with Crippen LogP contribution in [0, 0.1) is 17.6 Å². The summed E-state index contributed by atoms with van der Waals surface area (Å²) in [4.78, 5) is 30.0. The highest BCUT2D eigenvalue weighted by Gasteiger charge is 2.27. The molecule has 0 unspecified atom stereocenters. The number of nitrogens with zero attached hydrogens (tertiary/aromatic N) is 5. The Hall–Kier alpha value is -3.56. The van der Waals surface area contributed by atoms with Gasteiger partial charge in [0.1, 0.15) is 22.7 Å². The molecule has 178 valence electrons. The molecular weight excluding hydrogens is 442 g/mol. The summed E-state index contributed by atoms with van der Waals surface area (Å²) < 4.78 is 35.6. The zero-order chi connectivity index (χ0) is 24.0. The number of likely N-dealkylation sites (tertiary alicyclic amines) is 1. The second-order valence-corrected chi connectivity index (χ2v) is 9.72. The molecule has 4 aromatic rings. The van der Waals surface area contributed by atoms with E-state index in [0.717, 1.165) is 19.0 Å². The summed E-state index contributed by atoms with van der Waals surface area (Å²) in [7, 11) is 0. The number of aromatic nitrogens is 5. The number of halogens is 2. The number of piperidine rings is 1. The molecule has 10 heteroatoms. The predicted octanol–water partition coefficient (Wildman–Crippen LogP) is 4.90. The first kappa shape index (κ1) is 22.2. The molecule has 1 fully saturated rings. The van der Waals surface area contributed by atoms with E-state index in [1.54, 1.807) is 15.7 Å². The minimum atomic E-state index is -0.528. The number of aromatic amines is 1. The molecule has 4 aromatic heterocycles. The zero-order valence-electron chi connectivity index (χ0n) is 19.3. The molecule has 8 nitrogen and oxygen atoms in total. The van der Waals surface area contributed by atoms with E-state index < -0.39 is 11.4 Å². The summed E-state index contributed by atoms with van der Waals surface area (Å²) in [5.41, 5.74) is 1.08.